The van der Waals surface area contributed by atoms with Crippen molar-refractivity contribution in [2.24, 2.45) is 5.92 Å². The van der Waals surface area contributed by atoms with Crippen molar-refractivity contribution in [1.29, 1.82) is 0 Å². The molecule has 1 atom stereocenters. The van der Waals surface area contributed by atoms with Crippen LogP contribution in [0.25, 0.3) is 0 Å². The molecule has 1 saturated carbocycles. The van der Waals surface area contributed by atoms with Crippen molar-refractivity contribution in [2.45, 2.75) is 32.6 Å². The molecule has 0 amide bonds. The lowest BCUT2D eigenvalue weighted by Gasteiger charge is -2.21. The van der Waals surface area contributed by atoms with Gasteiger partial charge in [-0.25, -0.2) is 4.79 Å². The molecule has 1 aliphatic carbocycles. The third kappa shape index (κ3) is 3.92. The molecule has 1 aliphatic rings. The molecule has 0 saturated heterocycles. The highest BCUT2D eigenvalue weighted by Gasteiger charge is 2.13. The van der Waals surface area contributed by atoms with Crippen molar-refractivity contribution in [3.8, 4) is 0 Å². The van der Waals surface area contributed by atoms with Gasteiger partial charge in [0.05, 0.1) is 6.61 Å². The number of ether oxygens (including phenoxy) is 1. The Hall–Kier alpha value is -0.830. The zero-order chi connectivity index (χ0) is 10.4. The summed E-state index contributed by atoms with van der Waals surface area (Å²) in [5, 5.41) is 8.36. The lowest BCUT2D eigenvalue weighted by atomic mass is 9.85. The van der Waals surface area contributed by atoms with Gasteiger partial charge in [-0.05, 0) is 25.2 Å². The number of hydrogen-bond acceptors (Lipinski definition) is 2. The molecule has 0 aromatic heterocycles. The third-order valence-corrected chi connectivity index (χ3v) is 2.67. The summed E-state index contributed by atoms with van der Waals surface area (Å²) in [6, 6.07) is 0. The maximum atomic E-state index is 10.2. The van der Waals surface area contributed by atoms with Gasteiger partial charge in [0.1, 0.15) is 6.61 Å². The minimum atomic E-state index is -0.903. The first-order valence-corrected chi connectivity index (χ1v) is 5.18. The molecule has 0 bridgehead atoms. The summed E-state index contributed by atoms with van der Waals surface area (Å²) in [5.74, 6) is -0.253. The van der Waals surface area contributed by atoms with E-state index in [1.54, 1.807) is 0 Å². The number of hydrogen-bond donors (Lipinski definition) is 1. The Morgan fingerprint density at radius 3 is 3.07 bits per heavy atom. The van der Waals surface area contributed by atoms with Crippen LogP contribution in [0.3, 0.4) is 0 Å². The van der Waals surface area contributed by atoms with Gasteiger partial charge in [-0.3, -0.25) is 0 Å². The van der Waals surface area contributed by atoms with Crippen LogP contribution in [-0.2, 0) is 9.53 Å². The third-order valence-electron chi connectivity index (χ3n) is 2.67. The first-order valence-electron chi connectivity index (χ1n) is 5.18. The molecule has 1 N–H and O–H groups in total. The Morgan fingerprint density at radius 2 is 2.43 bits per heavy atom. The van der Waals surface area contributed by atoms with Gasteiger partial charge >= 0.3 is 5.97 Å². The molecule has 0 heterocycles. The van der Waals surface area contributed by atoms with Gasteiger partial charge in [-0.15, -0.1) is 0 Å². The van der Waals surface area contributed by atoms with Crippen LogP contribution in [0.15, 0.2) is 11.6 Å². The molecule has 1 rings (SSSR count). The van der Waals surface area contributed by atoms with Gasteiger partial charge in [0, 0.05) is 0 Å². The van der Waals surface area contributed by atoms with Crippen LogP contribution in [0.1, 0.15) is 32.6 Å². The quantitative estimate of drug-likeness (QED) is 0.556. The summed E-state index contributed by atoms with van der Waals surface area (Å²) in [4.78, 5) is 10.2. The lowest BCUT2D eigenvalue weighted by molar-refractivity contribution is -0.141. The first-order chi connectivity index (χ1) is 6.70. The largest absolute Gasteiger partial charge is 0.480 e. The fraction of sp³-hybridized carbons (Fsp3) is 0.727. The molecule has 3 nitrogen and oxygen atoms in total. The Kier molecular flexibility index (Phi) is 4.66. The highest BCUT2D eigenvalue weighted by molar-refractivity contribution is 5.67. The Balaban J connectivity index is 2.24. The molecule has 1 unspecified atom stereocenters. The van der Waals surface area contributed by atoms with Gasteiger partial charge in [-0.1, -0.05) is 25.0 Å². The van der Waals surface area contributed by atoms with Crippen LogP contribution in [0, 0.1) is 5.92 Å². The van der Waals surface area contributed by atoms with E-state index in [1.165, 1.54) is 24.8 Å². The maximum Gasteiger partial charge on any atom is 0.329 e. The van der Waals surface area contributed by atoms with Crippen molar-refractivity contribution in [1.82, 2.24) is 0 Å². The van der Waals surface area contributed by atoms with E-state index in [9.17, 15) is 4.79 Å². The van der Waals surface area contributed by atoms with Gasteiger partial charge < -0.3 is 9.84 Å². The van der Waals surface area contributed by atoms with Gasteiger partial charge in [0.2, 0.25) is 0 Å². The topological polar surface area (TPSA) is 46.5 Å². The predicted molar refractivity (Wildman–Crippen MR) is 54.2 cm³/mol. The van der Waals surface area contributed by atoms with Crippen LogP contribution >= 0.6 is 0 Å². The highest BCUT2D eigenvalue weighted by atomic mass is 16.5. The summed E-state index contributed by atoms with van der Waals surface area (Å²) in [7, 11) is 0. The van der Waals surface area contributed by atoms with E-state index in [1.807, 2.05) is 6.08 Å². The summed E-state index contributed by atoms with van der Waals surface area (Å²) >= 11 is 0. The molecule has 0 spiro atoms. The molecule has 0 radical (unpaired) electrons. The monoisotopic (exact) mass is 198 g/mol. The second kappa shape index (κ2) is 5.81. The summed E-state index contributed by atoms with van der Waals surface area (Å²) < 4.78 is 4.97. The Labute approximate surface area is 84.8 Å². The summed E-state index contributed by atoms with van der Waals surface area (Å²) in [6.45, 7) is 2.46. The molecule has 0 aromatic rings. The minimum absolute atomic E-state index is 0.196. The average molecular weight is 198 g/mol. The van der Waals surface area contributed by atoms with Crippen molar-refractivity contribution in [2.75, 3.05) is 13.2 Å². The molecule has 0 aromatic carbocycles. The van der Waals surface area contributed by atoms with Crippen LogP contribution < -0.4 is 0 Å². The summed E-state index contributed by atoms with van der Waals surface area (Å²) in [5.41, 5.74) is 1.43. The Morgan fingerprint density at radius 1 is 1.64 bits per heavy atom. The van der Waals surface area contributed by atoms with E-state index >= 15 is 0 Å². The van der Waals surface area contributed by atoms with Crippen LogP contribution in [0.4, 0.5) is 0 Å². The van der Waals surface area contributed by atoms with E-state index in [4.69, 9.17) is 9.84 Å². The number of allylic oxidation sites excluding steroid dienone is 1. The molecule has 80 valence electrons. The molecular formula is C11H18O3. The van der Waals surface area contributed by atoms with Gasteiger partial charge in [0.25, 0.3) is 0 Å². The lowest BCUT2D eigenvalue weighted by Crippen LogP contribution is -2.09. The number of carboxylic acid groups (broad SMARTS) is 1. The minimum Gasteiger partial charge on any atom is -0.480 e. The molecule has 0 aliphatic heterocycles. The van der Waals surface area contributed by atoms with Crippen LogP contribution in [0.5, 0.6) is 0 Å². The normalized spacial score (nSPS) is 25.2. The fourth-order valence-corrected chi connectivity index (χ4v) is 1.83. The van der Waals surface area contributed by atoms with E-state index in [-0.39, 0.29) is 6.61 Å². The number of carbonyl (C=O) groups is 1. The predicted octanol–water partition coefficient (Wildman–Crippen LogP) is 2.22. The number of carboxylic acids is 1. The second-order valence-electron chi connectivity index (χ2n) is 3.83. The molecular weight excluding hydrogens is 180 g/mol. The number of rotatable bonds is 4. The highest BCUT2D eigenvalue weighted by Crippen LogP contribution is 2.28. The molecule has 3 heteroatoms. The van der Waals surface area contributed by atoms with Crippen molar-refractivity contribution >= 4 is 5.97 Å². The van der Waals surface area contributed by atoms with Crippen molar-refractivity contribution < 1.29 is 14.6 Å². The summed E-state index contributed by atoms with van der Waals surface area (Å²) in [6.07, 6.45) is 7.03. The van der Waals surface area contributed by atoms with E-state index in [0.717, 1.165) is 6.42 Å². The molecule has 1 fully saturated rings. The van der Waals surface area contributed by atoms with Crippen LogP contribution in [0.2, 0.25) is 0 Å². The van der Waals surface area contributed by atoms with E-state index < -0.39 is 5.97 Å². The first kappa shape index (κ1) is 11.2. The maximum absolute atomic E-state index is 10.2. The van der Waals surface area contributed by atoms with E-state index in [0.29, 0.717) is 12.5 Å². The fourth-order valence-electron chi connectivity index (χ4n) is 1.83. The Bertz CT molecular complexity index is 221. The van der Waals surface area contributed by atoms with E-state index in [2.05, 4.69) is 6.92 Å². The SMILES string of the molecule is CC1CCCC/C1=C\COCC(=O)O. The van der Waals surface area contributed by atoms with Crippen LogP contribution in [-0.4, -0.2) is 24.3 Å². The zero-order valence-electron chi connectivity index (χ0n) is 8.66. The zero-order valence-corrected chi connectivity index (χ0v) is 8.66. The average Bonchev–Trinajstić information content (AvgIpc) is 2.15. The number of aliphatic carboxylic acids is 1. The van der Waals surface area contributed by atoms with Crippen molar-refractivity contribution in [3.63, 3.8) is 0 Å². The standard InChI is InChI=1S/C11H18O3/c1-9-4-2-3-5-10(9)6-7-14-8-11(12)13/h6,9H,2-5,7-8H2,1H3,(H,12,13)/b10-6+. The smallest absolute Gasteiger partial charge is 0.329 e. The van der Waals surface area contributed by atoms with Crippen molar-refractivity contribution in [3.05, 3.63) is 11.6 Å². The van der Waals surface area contributed by atoms with Gasteiger partial charge in [0.15, 0.2) is 0 Å². The second-order valence-corrected chi connectivity index (χ2v) is 3.83. The van der Waals surface area contributed by atoms with Gasteiger partial charge in [-0.2, -0.15) is 0 Å². The molecule has 14 heavy (non-hydrogen) atoms.